The zero-order chi connectivity index (χ0) is 12.7. The standard InChI is InChI=1S/C11H14N2O4.ClH/c1-17-11(14)6-7-12-8-9-2-4-10(5-3-9)13(15)16;/h2-5,12H,6-8H2,1H3;1H. The van der Waals surface area contributed by atoms with E-state index < -0.39 is 4.92 Å². The molecule has 7 heteroatoms. The number of nitrogens with zero attached hydrogens (tertiary/aromatic N) is 1. The van der Waals surface area contributed by atoms with Gasteiger partial charge in [0.25, 0.3) is 5.69 Å². The molecule has 0 amide bonds. The fraction of sp³-hybridized carbons (Fsp3) is 0.364. The number of ether oxygens (including phenoxy) is 1. The molecule has 0 saturated carbocycles. The first-order chi connectivity index (χ1) is 8.13. The van der Waals surface area contributed by atoms with E-state index in [1.807, 2.05) is 0 Å². The van der Waals surface area contributed by atoms with E-state index in [9.17, 15) is 14.9 Å². The van der Waals surface area contributed by atoms with Crippen molar-refractivity contribution in [3.63, 3.8) is 0 Å². The van der Waals surface area contributed by atoms with Crippen molar-refractivity contribution in [2.45, 2.75) is 13.0 Å². The number of rotatable bonds is 6. The van der Waals surface area contributed by atoms with Gasteiger partial charge in [-0.3, -0.25) is 14.9 Å². The number of halogens is 1. The largest absolute Gasteiger partial charge is 0.469 e. The van der Waals surface area contributed by atoms with E-state index in [0.29, 0.717) is 19.5 Å². The molecule has 1 rings (SSSR count). The molecule has 0 bridgehead atoms. The van der Waals surface area contributed by atoms with Gasteiger partial charge in [-0.1, -0.05) is 12.1 Å². The molecule has 0 atom stereocenters. The van der Waals surface area contributed by atoms with Gasteiger partial charge in [0, 0.05) is 25.2 Å². The number of hydrogen-bond donors (Lipinski definition) is 1. The van der Waals surface area contributed by atoms with Gasteiger partial charge in [-0.25, -0.2) is 0 Å². The Kier molecular flexibility index (Phi) is 7.66. The number of benzene rings is 1. The van der Waals surface area contributed by atoms with Crippen LogP contribution in [0, 0.1) is 10.1 Å². The maximum Gasteiger partial charge on any atom is 0.306 e. The molecule has 1 aromatic rings. The van der Waals surface area contributed by atoms with Crippen LogP contribution in [0.4, 0.5) is 5.69 Å². The second-order valence-corrected chi connectivity index (χ2v) is 3.43. The third-order valence-corrected chi connectivity index (χ3v) is 2.21. The first kappa shape index (κ1) is 16.3. The Morgan fingerprint density at radius 2 is 2.00 bits per heavy atom. The Morgan fingerprint density at radius 3 is 2.50 bits per heavy atom. The molecule has 0 aliphatic rings. The summed E-state index contributed by atoms with van der Waals surface area (Å²) >= 11 is 0. The van der Waals surface area contributed by atoms with Crippen LogP contribution in [0.15, 0.2) is 24.3 Å². The Labute approximate surface area is 111 Å². The molecular formula is C11H15ClN2O4. The highest BCUT2D eigenvalue weighted by Crippen LogP contribution is 2.11. The second kappa shape index (κ2) is 8.43. The summed E-state index contributed by atoms with van der Waals surface area (Å²) in [5.74, 6) is -0.263. The lowest BCUT2D eigenvalue weighted by Gasteiger charge is -2.03. The van der Waals surface area contributed by atoms with E-state index in [-0.39, 0.29) is 24.1 Å². The van der Waals surface area contributed by atoms with Crippen LogP contribution in [0.3, 0.4) is 0 Å². The fourth-order valence-electron chi connectivity index (χ4n) is 1.26. The van der Waals surface area contributed by atoms with Crippen molar-refractivity contribution >= 4 is 24.1 Å². The average Bonchev–Trinajstić information content (AvgIpc) is 2.34. The Hall–Kier alpha value is -1.66. The molecule has 6 nitrogen and oxygen atoms in total. The van der Waals surface area contributed by atoms with Crippen molar-refractivity contribution in [1.29, 1.82) is 0 Å². The zero-order valence-corrected chi connectivity index (χ0v) is 10.7. The smallest absolute Gasteiger partial charge is 0.306 e. The predicted octanol–water partition coefficient (Wildman–Crippen LogP) is 1.67. The number of carbonyl (C=O) groups excluding carboxylic acids is 1. The van der Waals surface area contributed by atoms with Crippen LogP contribution in [0.25, 0.3) is 0 Å². The van der Waals surface area contributed by atoms with Crippen LogP contribution in [-0.4, -0.2) is 24.5 Å². The number of non-ortho nitro benzene ring substituents is 1. The van der Waals surface area contributed by atoms with E-state index in [4.69, 9.17) is 0 Å². The van der Waals surface area contributed by atoms with Crippen LogP contribution in [-0.2, 0) is 16.1 Å². The third kappa shape index (κ3) is 5.60. The molecule has 0 aliphatic carbocycles. The summed E-state index contributed by atoms with van der Waals surface area (Å²) in [5.41, 5.74) is 1.00. The van der Waals surface area contributed by atoms with Crippen LogP contribution in [0.5, 0.6) is 0 Å². The summed E-state index contributed by atoms with van der Waals surface area (Å²) in [4.78, 5) is 20.8. The molecule has 0 radical (unpaired) electrons. The number of esters is 1. The summed E-state index contributed by atoms with van der Waals surface area (Å²) in [6, 6.07) is 6.28. The van der Waals surface area contributed by atoms with Crippen LogP contribution in [0.1, 0.15) is 12.0 Å². The van der Waals surface area contributed by atoms with Crippen molar-refractivity contribution < 1.29 is 14.5 Å². The molecule has 1 N–H and O–H groups in total. The summed E-state index contributed by atoms with van der Waals surface area (Å²) < 4.78 is 4.49. The SMILES string of the molecule is COC(=O)CCNCc1ccc([N+](=O)[O-])cc1.Cl. The van der Waals surface area contributed by atoms with Gasteiger partial charge in [0.2, 0.25) is 0 Å². The quantitative estimate of drug-likeness (QED) is 0.369. The predicted molar refractivity (Wildman–Crippen MR) is 68.7 cm³/mol. The van der Waals surface area contributed by atoms with Crippen molar-refractivity contribution in [2.75, 3.05) is 13.7 Å². The first-order valence-corrected chi connectivity index (χ1v) is 5.14. The Balaban J connectivity index is 0.00000289. The number of nitro benzene ring substituents is 1. The molecule has 0 spiro atoms. The van der Waals surface area contributed by atoms with E-state index in [1.165, 1.54) is 19.2 Å². The van der Waals surface area contributed by atoms with Gasteiger partial charge in [0.15, 0.2) is 0 Å². The number of methoxy groups -OCH3 is 1. The van der Waals surface area contributed by atoms with Gasteiger partial charge in [-0.05, 0) is 5.56 Å². The summed E-state index contributed by atoms with van der Waals surface area (Å²) in [5, 5.41) is 13.5. The maximum atomic E-state index is 10.8. The Morgan fingerprint density at radius 1 is 1.39 bits per heavy atom. The topological polar surface area (TPSA) is 81.5 Å². The first-order valence-electron chi connectivity index (χ1n) is 5.14. The monoisotopic (exact) mass is 274 g/mol. The molecule has 100 valence electrons. The van der Waals surface area contributed by atoms with E-state index in [1.54, 1.807) is 12.1 Å². The highest BCUT2D eigenvalue weighted by molar-refractivity contribution is 5.85. The van der Waals surface area contributed by atoms with Gasteiger partial charge in [-0.2, -0.15) is 0 Å². The summed E-state index contributed by atoms with van der Waals surface area (Å²) in [6.07, 6.45) is 0.309. The molecule has 18 heavy (non-hydrogen) atoms. The van der Waals surface area contributed by atoms with Crippen molar-refractivity contribution in [3.05, 3.63) is 39.9 Å². The molecule has 0 aliphatic heterocycles. The zero-order valence-electron chi connectivity index (χ0n) is 9.92. The number of hydrogen-bond acceptors (Lipinski definition) is 5. The highest BCUT2D eigenvalue weighted by atomic mass is 35.5. The van der Waals surface area contributed by atoms with Crippen LogP contribution >= 0.6 is 12.4 Å². The molecule has 0 unspecified atom stereocenters. The maximum absolute atomic E-state index is 10.8. The van der Waals surface area contributed by atoms with E-state index in [2.05, 4.69) is 10.1 Å². The lowest BCUT2D eigenvalue weighted by atomic mass is 10.2. The highest BCUT2D eigenvalue weighted by Gasteiger charge is 2.04. The second-order valence-electron chi connectivity index (χ2n) is 3.43. The van der Waals surface area contributed by atoms with Crippen molar-refractivity contribution in [3.8, 4) is 0 Å². The third-order valence-electron chi connectivity index (χ3n) is 2.21. The van der Waals surface area contributed by atoms with Gasteiger partial charge in [-0.15, -0.1) is 12.4 Å². The van der Waals surface area contributed by atoms with E-state index in [0.717, 1.165) is 5.56 Å². The fourth-order valence-corrected chi connectivity index (χ4v) is 1.26. The van der Waals surface area contributed by atoms with E-state index >= 15 is 0 Å². The minimum atomic E-state index is -0.436. The molecule has 0 fully saturated rings. The van der Waals surface area contributed by atoms with Gasteiger partial charge < -0.3 is 10.1 Å². The van der Waals surface area contributed by atoms with Crippen molar-refractivity contribution in [1.82, 2.24) is 5.32 Å². The number of carbonyl (C=O) groups is 1. The van der Waals surface area contributed by atoms with Crippen LogP contribution < -0.4 is 5.32 Å². The number of nitro groups is 1. The average molecular weight is 275 g/mol. The molecule has 1 aromatic carbocycles. The molecule has 0 aromatic heterocycles. The van der Waals surface area contributed by atoms with Gasteiger partial charge in [0.05, 0.1) is 18.5 Å². The molecular weight excluding hydrogens is 260 g/mol. The normalized spacial score (nSPS) is 9.39. The van der Waals surface area contributed by atoms with Gasteiger partial charge >= 0.3 is 5.97 Å². The minimum absolute atomic E-state index is 0. The lowest BCUT2D eigenvalue weighted by Crippen LogP contribution is -2.18. The lowest BCUT2D eigenvalue weighted by molar-refractivity contribution is -0.384. The summed E-state index contributed by atoms with van der Waals surface area (Å²) in [6.45, 7) is 1.08. The minimum Gasteiger partial charge on any atom is -0.469 e. The van der Waals surface area contributed by atoms with Crippen molar-refractivity contribution in [2.24, 2.45) is 0 Å². The summed E-state index contributed by atoms with van der Waals surface area (Å²) in [7, 11) is 1.35. The van der Waals surface area contributed by atoms with Gasteiger partial charge in [0.1, 0.15) is 0 Å². The number of nitrogens with one attached hydrogen (secondary N) is 1. The molecule has 0 saturated heterocycles. The Bertz CT molecular complexity index is 395. The molecule has 0 heterocycles. The van der Waals surface area contributed by atoms with Crippen LogP contribution in [0.2, 0.25) is 0 Å².